The van der Waals surface area contributed by atoms with Gasteiger partial charge in [-0.1, -0.05) is 142 Å². The highest BCUT2D eigenvalue weighted by molar-refractivity contribution is 5.80. The number of carbonyl (C=O) groups excluding carboxylic acids is 1. The predicted molar refractivity (Wildman–Crippen MR) is 168 cm³/mol. The van der Waals surface area contributed by atoms with Crippen LogP contribution in [0.1, 0.15) is 168 Å². The Morgan fingerprint density at radius 1 is 0.600 bits per heavy atom. The Labute approximate surface area is 247 Å². The van der Waals surface area contributed by atoms with Crippen molar-refractivity contribution in [2.75, 3.05) is 6.61 Å². The van der Waals surface area contributed by atoms with Gasteiger partial charge in [0, 0.05) is 0 Å². The largest absolute Gasteiger partial charge is 0.394 e. The highest BCUT2D eigenvalue weighted by atomic mass is 16.3. The summed E-state index contributed by atoms with van der Waals surface area (Å²) < 4.78 is 0. The summed E-state index contributed by atoms with van der Waals surface area (Å²) in [7, 11) is 0. The van der Waals surface area contributed by atoms with Gasteiger partial charge in [0.25, 0.3) is 0 Å². The van der Waals surface area contributed by atoms with Gasteiger partial charge >= 0.3 is 0 Å². The maximum absolute atomic E-state index is 12.4. The Kier molecular flexibility index (Phi) is 28.8. The molecule has 5 N–H and O–H groups in total. The van der Waals surface area contributed by atoms with Gasteiger partial charge in [0.05, 0.1) is 18.8 Å². The van der Waals surface area contributed by atoms with Crippen molar-refractivity contribution in [1.29, 1.82) is 0 Å². The van der Waals surface area contributed by atoms with Crippen LogP contribution in [0.25, 0.3) is 0 Å². The topological polar surface area (TPSA) is 110 Å². The third-order valence-electron chi connectivity index (χ3n) is 7.98. The SMILES string of the molecule is CCCCCC/C=C/CCCC(O)C(O)C(CO)NC(=O)C(O)CCCCCCCCCCCCCCCCC. The summed E-state index contributed by atoms with van der Waals surface area (Å²) in [6, 6.07) is -0.993. The number of rotatable bonds is 30. The Morgan fingerprint density at radius 3 is 1.50 bits per heavy atom. The zero-order valence-electron chi connectivity index (χ0n) is 26.3. The fourth-order valence-electron chi connectivity index (χ4n) is 5.17. The minimum Gasteiger partial charge on any atom is -0.394 e. The Bertz CT molecular complexity index is 571. The van der Waals surface area contributed by atoms with Gasteiger partial charge in [0.15, 0.2) is 0 Å². The summed E-state index contributed by atoms with van der Waals surface area (Å²) in [6.07, 6.45) is 28.1. The third kappa shape index (κ3) is 23.7. The molecule has 6 heteroatoms. The van der Waals surface area contributed by atoms with Crippen LogP contribution in [-0.4, -0.2) is 57.3 Å². The molecule has 0 aliphatic carbocycles. The second-order valence-electron chi connectivity index (χ2n) is 11.9. The minimum absolute atomic E-state index is 0.367. The number of aliphatic hydroxyl groups excluding tert-OH is 4. The zero-order valence-corrected chi connectivity index (χ0v) is 26.3. The van der Waals surface area contributed by atoms with Crippen LogP contribution < -0.4 is 5.32 Å². The van der Waals surface area contributed by atoms with E-state index >= 15 is 0 Å². The van der Waals surface area contributed by atoms with E-state index in [-0.39, 0.29) is 0 Å². The lowest BCUT2D eigenvalue weighted by Gasteiger charge is -2.27. The van der Waals surface area contributed by atoms with E-state index in [1.165, 1.54) is 103 Å². The van der Waals surface area contributed by atoms with Crippen molar-refractivity contribution in [2.45, 2.75) is 192 Å². The molecule has 0 heterocycles. The molecule has 0 aromatic rings. The quantitative estimate of drug-likeness (QED) is 0.0454. The van der Waals surface area contributed by atoms with Gasteiger partial charge in [-0.25, -0.2) is 0 Å². The maximum Gasteiger partial charge on any atom is 0.249 e. The fourth-order valence-corrected chi connectivity index (χ4v) is 5.17. The summed E-state index contributed by atoms with van der Waals surface area (Å²) in [4.78, 5) is 12.4. The summed E-state index contributed by atoms with van der Waals surface area (Å²) in [6.45, 7) is 3.97. The van der Waals surface area contributed by atoms with Crippen molar-refractivity contribution in [3.8, 4) is 0 Å². The third-order valence-corrected chi connectivity index (χ3v) is 7.98. The summed E-state index contributed by atoms with van der Waals surface area (Å²) in [5, 5.41) is 43.1. The summed E-state index contributed by atoms with van der Waals surface area (Å²) in [5.41, 5.74) is 0. The van der Waals surface area contributed by atoms with E-state index < -0.39 is 36.9 Å². The molecule has 0 aromatic heterocycles. The molecular formula is C34H67NO5. The molecule has 40 heavy (non-hydrogen) atoms. The molecular weight excluding hydrogens is 502 g/mol. The number of hydrogen-bond donors (Lipinski definition) is 5. The first-order chi connectivity index (χ1) is 19.5. The van der Waals surface area contributed by atoms with Crippen LogP contribution in [-0.2, 0) is 4.79 Å². The molecule has 0 aliphatic heterocycles. The number of hydrogen-bond acceptors (Lipinski definition) is 5. The van der Waals surface area contributed by atoms with E-state index in [1.807, 2.05) is 0 Å². The molecule has 1 amide bonds. The highest BCUT2D eigenvalue weighted by Crippen LogP contribution is 2.15. The van der Waals surface area contributed by atoms with E-state index in [2.05, 4.69) is 31.3 Å². The molecule has 0 aliphatic rings. The number of carbonyl (C=O) groups is 1. The molecule has 0 saturated heterocycles. The van der Waals surface area contributed by atoms with Gasteiger partial charge < -0.3 is 25.7 Å². The van der Waals surface area contributed by atoms with E-state index in [9.17, 15) is 25.2 Å². The molecule has 0 saturated carbocycles. The smallest absolute Gasteiger partial charge is 0.249 e. The molecule has 4 atom stereocenters. The Balaban J connectivity index is 3.84. The fraction of sp³-hybridized carbons (Fsp3) is 0.912. The van der Waals surface area contributed by atoms with Crippen molar-refractivity contribution in [3.63, 3.8) is 0 Å². The van der Waals surface area contributed by atoms with Gasteiger partial charge in [0.1, 0.15) is 12.2 Å². The second kappa shape index (κ2) is 29.5. The minimum atomic E-state index is -1.27. The molecule has 6 nitrogen and oxygen atoms in total. The molecule has 0 rings (SSSR count). The monoisotopic (exact) mass is 570 g/mol. The molecule has 4 unspecified atom stereocenters. The van der Waals surface area contributed by atoms with Crippen molar-refractivity contribution < 1.29 is 25.2 Å². The highest BCUT2D eigenvalue weighted by Gasteiger charge is 2.28. The second-order valence-corrected chi connectivity index (χ2v) is 11.9. The van der Waals surface area contributed by atoms with Crippen LogP contribution in [0.2, 0.25) is 0 Å². The van der Waals surface area contributed by atoms with Crippen molar-refractivity contribution in [2.24, 2.45) is 0 Å². The lowest BCUT2D eigenvalue weighted by Crippen LogP contribution is -2.53. The Hall–Kier alpha value is -0.950. The summed E-state index contributed by atoms with van der Waals surface area (Å²) >= 11 is 0. The lowest BCUT2D eigenvalue weighted by molar-refractivity contribution is -0.132. The predicted octanol–water partition coefficient (Wildman–Crippen LogP) is 7.50. The summed E-state index contributed by atoms with van der Waals surface area (Å²) in [5.74, 6) is -0.596. The number of aliphatic hydroxyl groups is 4. The van der Waals surface area contributed by atoms with Gasteiger partial charge in [-0.05, 0) is 38.5 Å². The average molecular weight is 570 g/mol. The number of allylic oxidation sites excluding steroid dienone is 2. The van der Waals surface area contributed by atoms with Crippen LogP contribution in [0.15, 0.2) is 12.2 Å². The van der Waals surface area contributed by atoms with Crippen LogP contribution in [0, 0.1) is 0 Å². The molecule has 0 bridgehead atoms. The standard InChI is InChI=1S/C34H67NO5/c1-3-5-7-9-11-13-14-15-16-17-18-20-22-24-26-28-32(38)34(40)35-30(29-36)33(39)31(37)27-25-23-21-19-12-10-8-6-4-2/h19,21,30-33,36-39H,3-18,20,22-29H2,1-2H3,(H,35,40)/b21-19+. The number of nitrogens with one attached hydrogen (secondary N) is 1. The van der Waals surface area contributed by atoms with Gasteiger partial charge in [-0.2, -0.15) is 0 Å². The average Bonchev–Trinajstić information content (AvgIpc) is 2.96. The molecule has 0 radical (unpaired) electrons. The Morgan fingerprint density at radius 2 is 1.02 bits per heavy atom. The van der Waals surface area contributed by atoms with Crippen molar-refractivity contribution in [1.82, 2.24) is 5.32 Å². The molecule has 0 fully saturated rings. The van der Waals surface area contributed by atoms with E-state index in [4.69, 9.17) is 0 Å². The van der Waals surface area contributed by atoms with Crippen molar-refractivity contribution in [3.05, 3.63) is 12.2 Å². The van der Waals surface area contributed by atoms with E-state index in [1.54, 1.807) is 0 Å². The number of amides is 1. The van der Waals surface area contributed by atoms with Gasteiger partial charge in [0.2, 0.25) is 5.91 Å². The van der Waals surface area contributed by atoms with Crippen molar-refractivity contribution >= 4 is 5.91 Å². The first-order valence-electron chi connectivity index (χ1n) is 17.1. The molecule has 0 spiro atoms. The van der Waals surface area contributed by atoms with E-state index in [0.717, 1.165) is 38.5 Å². The molecule has 0 aromatic carbocycles. The van der Waals surface area contributed by atoms with Gasteiger partial charge in [-0.3, -0.25) is 4.79 Å². The lowest BCUT2D eigenvalue weighted by atomic mass is 10.00. The normalized spacial score (nSPS) is 14.8. The van der Waals surface area contributed by atoms with Crippen LogP contribution in [0.4, 0.5) is 0 Å². The first-order valence-corrected chi connectivity index (χ1v) is 17.1. The van der Waals surface area contributed by atoms with Crippen LogP contribution in [0.3, 0.4) is 0 Å². The van der Waals surface area contributed by atoms with Crippen LogP contribution >= 0.6 is 0 Å². The van der Waals surface area contributed by atoms with Gasteiger partial charge in [-0.15, -0.1) is 0 Å². The van der Waals surface area contributed by atoms with E-state index in [0.29, 0.717) is 12.8 Å². The maximum atomic E-state index is 12.4. The zero-order chi connectivity index (χ0) is 29.7. The first kappa shape index (κ1) is 39.0. The number of unbranched alkanes of at least 4 members (excludes halogenated alkanes) is 19. The molecule has 238 valence electrons. The van der Waals surface area contributed by atoms with Crippen LogP contribution in [0.5, 0.6) is 0 Å².